The molecule has 0 saturated carbocycles. The number of morpholine rings is 1. The van der Waals surface area contributed by atoms with Crippen molar-refractivity contribution in [2.45, 2.75) is 18.9 Å². The van der Waals surface area contributed by atoms with Crippen LogP contribution < -0.4 is 10.3 Å². The van der Waals surface area contributed by atoms with Crippen LogP contribution in [0.2, 0.25) is 0 Å². The zero-order chi connectivity index (χ0) is 30.9. The number of hydrogen-bond acceptors (Lipinski definition) is 9. The van der Waals surface area contributed by atoms with E-state index in [9.17, 15) is 14.6 Å². The van der Waals surface area contributed by atoms with Crippen LogP contribution >= 0.6 is 7.82 Å². The van der Waals surface area contributed by atoms with Gasteiger partial charge in [-0.25, -0.2) is 14.1 Å². The smallest absolute Gasteiger partial charge is 0.459 e. The van der Waals surface area contributed by atoms with E-state index in [0.717, 1.165) is 49.5 Å². The molecule has 230 valence electrons. The van der Waals surface area contributed by atoms with E-state index in [2.05, 4.69) is 54.3 Å². The molecular weight excluding hydrogens is 585 g/mol. The molecule has 0 radical (unpaired) electrons. The van der Waals surface area contributed by atoms with Gasteiger partial charge in [-0.15, -0.1) is 0 Å². The molecule has 3 heterocycles. The number of rotatable bonds is 11. The minimum Gasteiger partial charge on any atom is -0.459 e. The first-order valence-corrected chi connectivity index (χ1v) is 15.8. The van der Waals surface area contributed by atoms with Crippen LogP contribution in [0.25, 0.3) is 0 Å². The van der Waals surface area contributed by atoms with E-state index < -0.39 is 20.2 Å². The Bertz CT molecular complexity index is 1610. The summed E-state index contributed by atoms with van der Waals surface area (Å²) in [6, 6.07) is 18.5. The average Bonchev–Trinajstić information content (AvgIpc) is 2.99. The van der Waals surface area contributed by atoms with Gasteiger partial charge in [-0.1, -0.05) is 36.1 Å². The SMILES string of the molecule is N#CC1CN(CC(Cc2nc[nH]c(=O)c2OCOP(=O)(O)O)c2ccc(C#Cc3ccc(CN4CCOCC4)cc3)cc2)C1. The van der Waals surface area contributed by atoms with Crippen molar-refractivity contribution in [3.8, 4) is 23.7 Å². The maximum Gasteiger partial charge on any atom is 0.472 e. The molecule has 2 aliphatic heterocycles. The summed E-state index contributed by atoms with van der Waals surface area (Å²) in [6.07, 6.45) is 1.57. The normalized spacial score (nSPS) is 16.8. The van der Waals surface area contributed by atoms with E-state index >= 15 is 0 Å². The molecule has 3 N–H and O–H groups in total. The summed E-state index contributed by atoms with van der Waals surface area (Å²) in [7, 11) is -4.78. The number of phosphoric acid groups is 1. The zero-order valence-corrected chi connectivity index (χ0v) is 25.0. The van der Waals surface area contributed by atoms with Crippen molar-refractivity contribution in [3.63, 3.8) is 0 Å². The topological polar surface area (TPSA) is 161 Å². The number of ether oxygens (including phenoxy) is 2. The number of phosphoric ester groups is 1. The van der Waals surface area contributed by atoms with Crippen LogP contribution in [0.5, 0.6) is 5.75 Å². The lowest BCUT2D eigenvalue weighted by atomic mass is 9.90. The van der Waals surface area contributed by atoms with E-state index in [4.69, 9.17) is 19.3 Å². The number of H-pyrrole nitrogens is 1. The first kappa shape index (κ1) is 31.6. The van der Waals surface area contributed by atoms with Gasteiger partial charge in [0, 0.05) is 62.7 Å². The Hall–Kier alpha value is -3.84. The number of aromatic nitrogens is 2. The first-order valence-electron chi connectivity index (χ1n) is 14.3. The number of aromatic amines is 1. The third kappa shape index (κ3) is 9.08. The van der Waals surface area contributed by atoms with Gasteiger partial charge in [0.1, 0.15) is 0 Å². The number of benzene rings is 2. The summed E-state index contributed by atoms with van der Waals surface area (Å²) in [5.74, 6) is 6.17. The van der Waals surface area contributed by atoms with Crippen molar-refractivity contribution in [1.82, 2.24) is 19.8 Å². The molecule has 1 aromatic heterocycles. The Balaban J connectivity index is 1.28. The number of nitriles is 1. The Labute approximate surface area is 255 Å². The van der Waals surface area contributed by atoms with Gasteiger partial charge in [0.2, 0.25) is 12.5 Å². The molecule has 0 amide bonds. The summed E-state index contributed by atoms with van der Waals surface area (Å²) in [5, 5.41) is 9.21. The fourth-order valence-corrected chi connectivity index (χ4v) is 5.39. The predicted molar refractivity (Wildman–Crippen MR) is 160 cm³/mol. The van der Waals surface area contributed by atoms with Crippen LogP contribution in [0.15, 0.2) is 59.7 Å². The fourth-order valence-electron chi connectivity index (χ4n) is 5.20. The van der Waals surface area contributed by atoms with Crippen LogP contribution in [0.3, 0.4) is 0 Å². The third-order valence-electron chi connectivity index (χ3n) is 7.56. The molecule has 13 heteroatoms. The Kier molecular flexibility index (Phi) is 10.6. The van der Waals surface area contributed by atoms with Crippen LogP contribution in [-0.4, -0.2) is 82.3 Å². The van der Waals surface area contributed by atoms with Gasteiger partial charge in [-0.2, -0.15) is 5.26 Å². The molecule has 0 aliphatic carbocycles. The Morgan fingerprint density at radius 1 is 1.05 bits per heavy atom. The summed E-state index contributed by atoms with van der Waals surface area (Å²) >= 11 is 0. The van der Waals surface area contributed by atoms with Crippen molar-refractivity contribution in [1.29, 1.82) is 5.26 Å². The summed E-state index contributed by atoms with van der Waals surface area (Å²) < 4.78 is 26.1. The summed E-state index contributed by atoms with van der Waals surface area (Å²) in [6.45, 7) is 5.46. The quantitative estimate of drug-likeness (QED) is 0.164. The monoisotopic (exact) mass is 619 g/mol. The molecule has 44 heavy (non-hydrogen) atoms. The molecule has 2 aliphatic rings. The van der Waals surface area contributed by atoms with Crippen LogP contribution in [0, 0.1) is 29.1 Å². The van der Waals surface area contributed by atoms with Crippen molar-refractivity contribution < 1.29 is 28.3 Å². The average molecular weight is 620 g/mol. The van der Waals surface area contributed by atoms with Crippen LogP contribution in [0.1, 0.15) is 33.9 Å². The lowest BCUT2D eigenvalue weighted by molar-refractivity contribution is 0.0342. The highest BCUT2D eigenvalue weighted by atomic mass is 31.2. The standard InChI is InChI=1S/C31H34N5O7P/c32-16-26-18-36(19-26)20-28(15-29-30(31(37)34-21-33-29)42-22-43-44(38,39)40)27-9-7-24(8-10-27)2-1-23-3-5-25(6-4-23)17-35-11-13-41-14-12-35/h3-10,21,26,28H,11-15,17-20,22H2,(H,33,34,37)(H2,38,39,40). The fraction of sp³-hybridized carbons (Fsp3) is 0.387. The summed E-state index contributed by atoms with van der Waals surface area (Å²) in [5.41, 5.74) is 3.75. The molecule has 5 rings (SSSR count). The Morgan fingerprint density at radius 3 is 2.34 bits per heavy atom. The van der Waals surface area contributed by atoms with Crippen molar-refractivity contribution in [2.75, 3.05) is 52.7 Å². The molecule has 1 unspecified atom stereocenters. The minimum absolute atomic E-state index is 0.0110. The molecule has 12 nitrogen and oxygen atoms in total. The van der Waals surface area contributed by atoms with E-state index in [0.29, 0.717) is 31.7 Å². The number of nitrogens with one attached hydrogen (secondary N) is 1. The van der Waals surface area contributed by atoms with Gasteiger partial charge in [-0.3, -0.25) is 9.69 Å². The third-order valence-corrected chi connectivity index (χ3v) is 8.01. The van der Waals surface area contributed by atoms with Gasteiger partial charge >= 0.3 is 7.82 Å². The van der Waals surface area contributed by atoms with E-state index in [1.807, 2.05) is 36.4 Å². The van der Waals surface area contributed by atoms with Crippen molar-refractivity contribution >= 4 is 7.82 Å². The zero-order valence-electron chi connectivity index (χ0n) is 24.1. The predicted octanol–water partition coefficient (Wildman–Crippen LogP) is 2.23. The van der Waals surface area contributed by atoms with Gasteiger partial charge < -0.3 is 29.1 Å². The second-order valence-electron chi connectivity index (χ2n) is 10.8. The molecular formula is C31H34N5O7P. The maximum absolute atomic E-state index is 12.5. The highest BCUT2D eigenvalue weighted by Crippen LogP contribution is 2.35. The molecule has 3 aromatic rings. The van der Waals surface area contributed by atoms with E-state index in [1.54, 1.807) is 0 Å². The number of nitrogens with zero attached hydrogens (tertiary/aromatic N) is 4. The van der Waals surface area contributed by atoms with Gasteiger partial charge in [-0.05, 0) is 35.4 Å². The maximum atomic E-state index is 12.5. The van der Waals surface area contributed by atoms with Crippen molar-refractivity contribution in [3.05, 3.63) is 93.2 Å². The number of hydrogen-bond donors (Lipinski definition) is 3. The first-order chi connectivity index (χ1) is 21.3. The lowest BCUT2D eigenvalue weighted by Crippen LogP contribution is -2.47. The highest BCUT2D eigenvalue weighted by Gasteiger charge is 2.30. The molecule has 0 bridgehead atoms. The second kappa shape index (κ2) is 14.8. The molecule has 2 fully saturated rings. The van der Waals surface area contributed by atoms with E-state index in [1.165, 1.54) is 11.9 Å². The lowest BCUT2D eigenvalue weighted by Gasteiger charge is -2.37. The molecule has 2 aromatic carbocycles. The summed E-state index contributed by atoms with van der Waals surface area (Å²) in [4.78, 5) is 41.7. The van der Waals surface area contributed by atoms with Gasteiger partial charge in [0.25, 0.3) is 5.56 Å². The molecule has 0 spiro atoms. The molecule has 2 saturated heterocycles. The number of likely N-dealkylation sites (tertiary alicyclic amines) is 1. The largest absolute Gasteiger partial charge is 0.472 e. The van der Waals surface area contributed by atoms with Crippen LogP contribution in [0.4, 0.5) is 0 Å². The minimum atomic E-state index is -4.78. The van der Waals surface area contributed by atoms with Gasteiger partial charge in [0.15, 0.2) is 0 Å². The second-order valence-corrected chi connectivity index (χ2v) is 12.0. The Morgan fingerprint density at radius 2 is 1.70 bits per heavy atom. The van der Waals surface area contributed by atoms with Gasteiger partial charge in [0.05, 0.1) is 37.2 Å². The highest BCUT2D eigenvalue weighted by molar-refractivity contribution is 7.46. The molecule has 1 atom stereocenters. The van der Waals surface area contributed by atoms with Crippen LogP contribution in [-0.2, 0) is 26.8 Å². The van der Waals surface area contributed by atoms with Crippen molar-refractivity contribution in [2.24, 2.45) is 5.92 Å². The van der Waals surface area contributed by atoms with E-state index in [-0.39, 0.29) is 17.6 Å².